The van der Waals surface area contributed by atoms with Gasteiger partial charge in [0.1, 0.15) is 11.4 Å². The summed E-state index contributed by atoms with van der Waals surface area (Å²) in [6, 6.07) is 7.70. The van der Waals surface area contributed by atoms with Crippen molar-refractivity contribution in [3.05, 3.63) is 24.3 Å². The zero-order valence-corrected chi connectivity index (χ0v) is 14.8. The highest BCUT2D eigenvalue weighted by Crippen LogP contribution is 2.42. The van der Waals surface area contributed by atoms with Crippen LogP contribution in [-0.4, -0.2) is 24.2 Å². The lowest BCUT2D eigenvalue weighted by atomic mass is 9.98. The third-order valence-electron chi connectivity index (χ3n) is 5.13. The molecule has 2 aliphatic rings. The van der Waals surface area contributed by atoms with E-state index in [9.17, 15) is 4.79 Å². The second kappa shape index (κ2) is 7.56. The quantitative estimate of drug-likeness (QED) is 0.760. The van der Waals surface area contributed by atoms with Gasteiger partial charge in [0.25, 0.3) is 5.91 Å². The Bertz CT molecular complexity index is 547. The Morgan fingerprint density at radius 3 is 2.42 bits per heavy atom. The van der Waals surface area contributed by atoms with Crippen LogP contribution in [0, 0.1) is 5.92 Å². The zero-order valence-electron chi connectivity index (χ0n) is 14.8. The fourth-order valence-corrected chi connectivity index (χ4v) is 3.39. The first-order valence-electron chi connectivity index (χ1n) is 9.34. The molecular formula is C20H29NO3. The molecule has 0 aliphatic heterocycles. The van der Waals surface area contributed by atoms with Gasteiger partial charge in [-0.25, -0.2) is 0 Å². The van der Waals surface area contributed by atoms with Gasteiger partial charge in [-0.3, -0.25) is 4.79 Å². The normalized spacial score (nSPS) is 20.6. The lowest BCUT2D eigenvalue weighted by Crippen LogP contribution is -2.45. The van der Waals surface area contributed by atoms with Crippen LogP contribution >= 0.6 is 0 Å². The third-order valence-corrected chi connectivity index (χ3v) is 5.13. The van der Waals surface area contributed by atoms with Crippen molar-refractivity contribution in [1.82, 2.24) is 0 Å². The van der Waals surface area contributed by atoms with Gasteiger partial charge in [0.2, 0.25) is 0 Å². The molecule has 0 bridgehead atoms. The van der Waals surface area contributed by atoms with Crippen LogP contribution in [-0.2, 0) is 9.53 Å². The van der Waals surface area contributed by atoms with E-state index in [0.29, 0.717) is 18.6 Å². The minimum Gasteiger partial charge on any atom is -0.490 e. The maximum absolute atomic E-state index is 12.7. The molecule has 0 saturated heterocycles. The molecule has 1 unspecified atom stereocenters. The standard InChI is InChI=1S/C20H29NO3/c1-3-14-23-20(2,15-8-9-15)19(22)21-16-10-12-18(13-11-16)24-17-6-4-5-7-17/h10-13,15,17H,3-9,14H2,1-2H3,(H,21,22). The van der Waals surface area contributed by atoms with Crippen LogP contribution < -0.4 is 10.1 Å². The highest BCUT2D eigenvalue weighted by molar-refractivity contribution is 5.97. The van der Waals surface area contributed by atoms with Crippen LogP contribution in [0.4, 0.5) is 5.69 Å². The molecule has 0 aromatic heterocycles. The molecule has 1 amide bonds. The third kappa shape index (κ3) is 4.10. The van der Waals surface area contributed by atoms with Crippen molar-refractivity contribution in [2.24, 2.45) is 5.92 Å². The molecule has 0 heterocycles. The number of hydrogen-bond acceptors (Lipinski definition) is 3. The maximum atomic E-state index is 12.7. The van der Waals surface area contributed by atoms with Crippen molar-refractivity contribution in [2.75, 3.05) is 11.9 Å². The summed E-state index contributed by atoms with van der Waals surface area (Å²) in [4.78, 5) is 12.7. The fraction of sp³-hybridized carbons (Fsp3) is 0.650. The van der Waals surface area contributed by atoms with E-state index < -0.39 is 5.60 Å². The number of nitrogens with one attached hydrogen (secondary N) is 1. The zero-order chi connectivity index (χ0) is 17.0. The van der Waals surface area contributed by atoms with Crippen molar-refractivity contribution in [3.8, 4) is 5.75 Å². The van der Waals surface area contributed by atoms with Crippen molar-refractivity contribution >= 4 is 11.6 Å². The Labute approximate surface area is 144 Å². The van der Waals surface area contributed by atoms with Gasteiger partial charge >= 0.3 is 0 Å². The van der Waals surface area contributed by atoms with E-state index in [1.807, 2.05) is 31.2 Å². The van der Waals surface area contributed by atoms with Gasteiger partial charge in [0.15, 0.2) is 0 Å². The Morgan fingerprint density at radius 2 is 1.83 bits per heavy atom. The lowest BCUT2D eigenvalue weighted by Gasteiger charge is -2.28. The minimum absolute atomic E-state index is 0.0390. The molecule has 2 fully saturated rings. The molecule has 24 heavy (non-hydrogen) atoms. The maximum Gasteiger partial charge on any atom is 0.256 e. The van der Waals surface area contributed by atoms with Crippen LogP contribution in [0.1, 0.15) is 58.8 Å². The van der Waals surface area contributed by atoms with Gasteiger partial charge in [0.05, 0.1) is 6.10 Å². The van der Waals surface area contributed by atoms with E-state index in [-0.39, 0.29) is 5.91 Å². The van der Waals surface area contributed by atoms with Crippen molar-refractivity contribution in [1.29, 1.82) is 0 Å². The lowest BCUT2D eigenvalue weighted by molar-refractivity contribution is -0.142. The summed E-state index contributed by atoms with van der Waals surface area (Å²) >= 11 is 0. The fourth-order valence-electron chi connectivity index (χ4n) is 3.39. The predicted molar refractivity (Wildman–Crippen MR) is 95.3 cm³/mol. The average molecular weight is 331 g/mol. The van der Waals surface area contributed by atoms with Gasteiger partial charge < -0.3 is 14.8 Å². The summed E-state index contributed by atoms with van der Waals surface area (Å²) in [5.74, 6) is 1.18. The summed E-state index contributed by atoms with van der Waals surface area (Å²) in [5, 5.41) is 3.01. The van der Waals surface area contributed by atoms with Gasteiger partial charge in [-0.1, -0.05) is 6.92 Å². The summed E-state index contributed by atoms with van der Waals surface area (Å²) in [6.07, 6.45) is 8.23. The number of ether oxygens (including phenoxy) is 2. The molecular weight excluding hydrogens is 302 g/mol. The molecule has 4 heteroatoms. The van der Waals surface area contributed by atoms with Crippen LogP contribution in [0.5, 0.6) is 5.75 Å². The molecule has 1 atom stereocenters. The van der Waals surface area contributed by atoms with Crippen molar-refractivity contribution < 1.29 is 14.3 Å². The molecule has 0 radical (unpaired) electrons. The van der Waals surface area contributed by atoms with E-state index in [2.05, 4.69) is 12.2 Å². The molecule has 3 rings (SSSR count). The highest BCUT2D eigenvalue weighted by atomic mass is 16.5. The highest BCUT2D eigenvalue weighted by Gasteiger charge is 2.48. The summed E-state index contributed by atoms with van der Waals surface area (Å²) in [7, 11) is 0. The number of rotatable bonds is 8. The molecule has 0 spiro atoms. The topological polar surface area (TPSA) is 47.6 Å². The smallest absolute Gasteiger partial charge is 0.256 e. The van der Waals surface area contributed by atoms with Crippen LogP contribution in [0.3, 0.4) is 0 Å². The van der Waals surface area contributed by atoms with Gasteiger partial charge in [0, 0.05) is 12.3 Å². The second-order valence-corrected chi connectivity index (χ2v) is 7.23. The molecule has 2 aliphatic carbocycles. The van der Waals surface area contributed by atoms with Crippen molar-refractivity contribution in [3.63, 3.8) is 0 Å². The molecule has 2 saturated carbocycles. The Hall–Kier alpha value is -1.55. The Kier molecular flexibility index (Phi) is 5.44. The summed E-state index contributed by atoms with van der Waals surface area (Å²) in [5.41, 5.74) is 0.0837. The van der Waals surface area contributed by atoms with Gasteiger partial charge in [-0.05, 0) is 82.1 Å². The molecule has 1 aromatic rings. The molecule has 1 N–H and O–H groups in total. The number of carbonyl (C=O) groups is 1. The second-order valence-electron chi connectivity index (χ2n) is 7.23. The van der Waals surface area contributed by atoms with Crippen LogP contribution in [0.15, 0.2) is 24.3 Å². The number of carbonyl (C=O) groups excluding carboxylic acids is 1. The Balaban J connectivity index is 1.58. The molecule has 132 valence electrons. The Morgan fingerprint density at radius 1 is 1.17 bits per heavy atom. The van der Waals surface area contributed by atoms with E-state index in [1.54, 1.807) is 0 Å². The summed E-state index contributed by atoms with van der Waals surface area (Å²) < 4.78 is 11.9. The van der Waals surface area contributed by atoms with Crippen molar-refractivity contribution in [2.45, 2.75) is 70.5 Å². The van der Waals surface area contributed by atoms with E-state index in [1.165, 1.54) is 12.8 Å². The van der Waals surface area contributed by atoms with E-state index >= 15 is 0 Å². The number of anilines is 1. The monoisotopic (exact) mass is 331 g/mol. The van der Waals surface area contributed by atoms with E-state index in [0.717, 1.165) is 43.5 Å². The average Bonchev–Trinajstić information content (AvgIpc) is 3.33. The predicted octanol–water partition coefficient (Wildman–Crippen LogP) is 4.54. The SMILES string of the molecule is CCCOC(C)(C(=O)Nc1ccc(OC2CCCC2)cc1)C1CC1. The van der Waals surface area contributed by atoms with Crippen LogP contribution in [0.25, 0.3) is 0 Å². The molecule has 1 aromatic carbocycles. The first kappa shape index (κ1) is 17.3. The first-order chi connectivity index (χ1) is 11.6. The van der Waals surface area contributed by atoms with E-state index in [4.69, 9.17) is 9.47 Å². The van der Waals surface area contributed by atoms with Gasteiger partial charge in [-0.15, -0.1) is 0 Å². The molecule has 4 nitrogen and oxygen atoms in total. The summed E-state index contributed by atoms with van der Waals surface area (Å²) in [6.45, 7) is 4.61. The number of amides is 1. The first-order valence-corrected chi connectivity index (χ1v) is 9.34. The minimum atomic E-state index is -0.713. The van der Waals surface area contributed by atoms with Crippen LogP contribution in [0.2, 0.25) is 0 Å². The number of benzene rings is 1. The number of hydrogen-bond donors (Lipinski definition) is 1. The van der Waals surface area contributed by atoms with Gasteiger partial charge in [-0.2, -0.15) is 0 Å². The largest absolute Gasteiger partial charge is 0.490 e.